The minimum Gasteiger partial charge on any atom is -0.366 e. The number of rotatable bonds is 6. The highest BCUT2D eigenvalue weighted by Gasteiger charge is 2.40. The van der Waals surface area contributed by atoms with Crippen molar-refractivity contribution in [3.8, 4) is 11.4 Å². The zero-order chi connectivity index (χ0) is 33.1. The molecule has 0 bridgehead atoms. The van der Waals surface area contributed by atoms with E-state index in [1.165, 1.54) is 26.4 Å². The maximum absolute atomic E-state index is 14.1. The lowest BCUT2D eigenvalue weighted by Gasteiger charge is -2.38. The predicted molar refractivity (Wildman–Crippen MR) is 193 cm³/mol. The van der Waals surface area contributed by atoms with E-state index in [9.17, 15) is 8.42 Å². The van der Waals surface area contributed by atoms with Gasteiger partial charge in [-0.2, -0.15) is 0 Å². The van der Waals surface area contributed by atoms with Gasteiger partial charge in [-0.25, -0.2) is 22.4 Å². The molecule has 2 atom stereocenters. The summed E-state index contributed by atoms with van der Waals surface area (Å²) in [6, 6.07) is 14.9. The highest BCUT2D eigenvalue weighted by Crippen LogP contribution is 2.38. The molecule has 3 aliphatic rings. The Hall–Kier alpha value is -3.95. The van der Waals surface area contributed by atoms with Crippen molar-refractivity contribution in [1.29, 1.82) is 0 Å². The minimum atomic E-state index is -3.74. The molecule has 8 nitrogen and oxygen atoms in total. The zero-order valence-corrected chi connectivity index (χ0v) is 29.2. The summed E-state index contributed by atoms with van der Waals surface area (Å²) in [6.45, 7) is 17.0. The highest BCUT2D eigenvalue weighted by atomic mass is 32.2. The second kappa shape index (κ2) is 11.9. The minimum absolute atomic E-state index is 0.346. The fraction of sp³-hybridized carbons (Fsp3) is 0.421. The van der Waals surface area contributed by atoms with Crippen LogP contribution in [0.15, 0.2) is 72.5 Å². The number of benzene rings is 2. The van der Waals surface area contributed by atoms with Gasteiger partial charge in [-0.15, -0.1) is 0 Å². The van der Waals surface area contributed by atoms with E-state index in [2.05, 4.69) is 61.0 Å². The van der Waals surface area contributed by atoms with Gasteiger partial charge in [0.25, 0.3) is 0 Å². The fourth-order valence-electron chi connectivity index (χ4n) is 7.47. The molecule has 1 fully saturated rings. The lowest BCUT2D eigenvalue weighted by molar-refractivity contribution is 0.480. The van der Waals surface area contributed by atoms with E-state index in [0.717, 1.165) is 67.2 Å². The van der Waals surface area contributed by atoms with Gasteiger partial charge >= 0.3 is 0 Å². The molecule has 1 unspecified atom stereocenters. The summed E-state index contributed by atoms with van der Waals surface area (Å²) in [4.78, 5) is 15.5. The molecule has 1 N–H and O–H groups in total. The fourth-order valence-corrected chi connectivity index (χ4v) is 9.22. The molecule has 1 aliphatic carbocycles. The van der Waals surface area contributed by atoms with Gasteiger partial charge in [-0.3, -0.25) is 0 Å². The van der Waals surface area contributed by atoms with E-state index in [0.29, 0.717) is 29.7 Å². The lowest BCUT2D eigenvalue weighted by atomic mass is 9.96. The first-order chi connectivity index (χ1) is 22.4. The summed E-state index contributed by atoms with van der Waals surface area (Å²) in [5.74, 6) is 2.11. The number of nitrogens with zero attached hydrogens (tertiary/aromatic N) is 5. The lowest BCUT2D eigenvalue weighted by Crippen LogP contribution is -2.50. The molecule has 2 aliphatic heterocycles. The molecule has 1 saturated heterocycles. The van der Waals surface area contributed by atoms with Crippen molar-refractivity contribution in [3.63, 3.8) is 0 Å². The Labute approximate surface area is 279 Å². The van der Waals surface area contributed by atoms with Crippen LogP contribution in [0, 0.1) is 6.92 Å². The first kappa shape index (κ1) is 31.6. The molecule has 246 valence electrons. The summed E-state index contributed by atoms with van der Waals surface area (Å²) >= 11 is 0. The first-order valence-electron chi connectivity index (χ1n) is 16.9. The Balaban J connectivity index is 1.32. The molecule has 7 rings (SSSR count). The number of allylic oxidation sites excluding steroid dienone is 3. The Bertz CT molecular complexity index is 2030. The quantitative estimate of drug-likeness (QED) is 0.248. The maximum Gasteiger partial charge on any atom is 0.248 e. The van der Waals surface area contributed by atoms with Crippen LogP contribution in [0.25, 0.3) is 22.3 Å². The van der Waals surface area contributed by atoms with Crippen molar-refractivity contribution in [2.24, 2.45) is 0 Å². The van der Waals surface area contributed by atoms with Crippen LogP contribution in [0.1, 0.15) is 69.3 Å². The molecule has 2 aromatic heterocycles. The normalized spacial score (nSPS) is 21.8. The number of anilines is 2. The summed E-state index contributed by atoms with van der Waals surface area (Å²) < 4.78 is 28.7. The van der Waals surface area contributed by atoms with Crippen molar-refractivity contribution >= 4 is 32.4 Å². The number of aromatic nitrogens is 3. The number of hydrogen-bond donors (Lipinski definition) is 1. The van der Waals surface area contributed by atoms with Crippen LogP contribution in [0.5, 0.6) is 0 Å². The van der Waals surface area contributed by atoms with Crippen LogP contribution in [0.4, 0.5) is 11.5 Å². The summed E-state index contributed by atoms with van der Waals surface area (Å²) in [6.07, 6.45) is 8.62. The Morgan fingerprint density at radius 1 is 1.04 bits per heavy atom. The third kappa shape index (κ3) is 5.57. The zero-order valence-electron chi connectivity index (χ0n) is 28.4. The van der Waals surface area contributed by atoms with Crippen molar-refractivity contribution in [2.75, 3.05) is 36.0 Å². The smallest absolute Gasteiger partial charge is 0.248 e. The SMILES string of the molecule is CC1=CC=CC(C)(S(=O)(=O)n2ccc3c(-c4nc5c(c(N6CCN[C@H](C)C6)n4)CN(c4cc(C(C)C)ccc4C)CC5)cccc32)C1. The van der Waals surface area contributed by atoms with Gasteiger partial charge in [-0.1, -0.05) is 61.9 Å². The Morgan fingerprint density at radius 2 is 1.87 bits per heavy atom. The highest BCUT2D eigenvalue weighted by molar-refractivity contribution is 7.91. The van der Waals surface area contributed by atoms with E-state index in [-0.39, 0.29) is 0 Å². The van der Waals surface area contributed by atoms with Crippen LogP contribution in [0.2, 0.25) is 0 Å². The second-order valence-corrected chi connectivity index (χ2v) is 16.5. The molecule has 4 heterocycles. The Morgan fingerprint density at radius 3 is 2.64 bits per heavy atom. The molecule has 9 heteroatoms. The van der Waals surface area contributed by atoms with Crippen molar-refractivity contribution in [1.82, 2.24) is 19.3 Å². The van der Waals surface area contributed by atoms with Crippen molar-refractivity contribution in [2.45, 2.75) is 77.6 Å². The van der Waals surface area contributed by atoms with Gasteiger partial charge in [0, 0.05) is 73.6 Å². The van der Waals surface area contributed by atoms with Crippen LogP contribution in [-0.2, 0) is 23.0 Å². The van der Waals surface area contributed by atoms with E-state index >= 15 is 0 Å². The molecule has 2 aromatic carbocycles. The van der Waals surface area contributed by atoms with Gasteiger partial charge in [0.1, 0.15) is 10.6 Å². The molecular formula is C38H46N6O2S. The number of fused-ring (bicyclic) bond motifs is 2. The van der Waals surface area contributed by atoms with Gasteiger partial charge in [-0.05, 0) is 69.4 Å². The van der Waals surface area contributed by atoms with E-state index in [1.807, 2.05) is 56.3 Å². The van der Waals surface area contributed by atoms with Crippen molar-refractivity contribution < 1.29 is 8.42 Å². The topological polar surface area (TPSA) is 83.4 Å². The van der Waals surface area contributed by atoms with Crippen LogP contribution < -0.4 is 15.1 Å². The monoisotopic (exact) mass is 650 g/mol. The number of nitrogens with one attached hydrogen (secondary N) is 1. The van der Waals surface area contributed by atoms with E-state index in [1.54, 1.807) is 6.20 Å². The van der Waals surface area contributed by atoms with Crippen LogP contribution in [0.3, 0.4) is 0 Å². The van der Waals surface area contributed by atoms with Crippen LogP contribution in [-0.4, -0.2) is 59.3 Å². The third-order valence-corrected chi connectivity index (χ3v) is 12.5. The molecular weight excluding hydrogens is 605 g/mol. The predicted octanol–water partition coefficient (Wildman–Crippen LogP) is 6.73. The standard InChI is InChI=1S/C38H46N6O2S/c1-25(2)29-13-12-27(4)35(21-29)42-18-15-33-32(24-42)37(43-20-17-39-28(5)23-43)41-36(40-33)31-10-7-11-34-30(31)14-19-44(34)47(45,46)38(6)16-8-9-26(3)22-38/h7-14,16,19,21,25,28,39H,15,17-18,20,22-24H2,1-6H3/t28-,38?/m1/s1. The summed E-state index contributed by atoms with van der Waals surface area (Å²) in [7, 11) is -3.74. The first-order valence-corrected chi connectivity index (χ1v) is 18.3. The Kier molecular flexibility index (Phi) is 8.03. The van der Waals surface area contributed by atoms with Crippen LogP contribution >= 0.6 is 0 Å². The van der Waals surface area contributed by atoms with E-state index in [4.69, 9.17) is 9.97 Å². The maximum atomic E-state index is 14.1. The number of piperazine rings is 1. The second-order valence-electron chi connectivity index (χ2n) is 14.2. The van der Waals surface area contributed by atoms with Crippen molar-refractivity contribution in [3.05, 3.63) is 94.8 Å². The third-order valence-electron chi connectivity index (χ3n) is 10.2. The number of hydrogen-bond acceptors (Lipinski definition) is 7. The molecule has 0 amide bonds. The van der Waals surface area contributed by atoms with Gasteiger partial charge in [0.2, 0.25) is 10.0 Å². The molecule has 0 radical (unpaired) electrons. The number of aryl methyl sites for hydroxylation is 1. The molecule has 4 aromatic rings. The molecule has 0 spiro atoms. The van der Waals surface area contributed by atoms with Gasteiger partial charge < -0.3 is 15.1 Å². The largest absolute Gasteiger partial charge is 0.366 e. The molecule has 47 heavy (non-hydrogen) atoms. The van der Waals surface area contributed by atoms with E-state index < -0.39 is 14.8 Å². The average molecular weight is 651 g/mol. The van der Waals surface area contributed by atoms with Gasteiger partial charge in [0.15, 0.2) is 5.82 Å². The summed E-state index contributed by atoms with van der Waals surface area (Å²) in [5.41, 5.74) is 8.73. The average Bonchev–Trinajstić information content (AvgIpc) is 3.49. The summed E-state index contributed by atoms with van der Waals surface area (Å²) in [5, 5.41) is 4.42. The molecule has 0 saturated carbocycles. The van der Waals surface area contributed by atoms with Gasteiger partial charge in [0.05, 0.1) is 11.2 Å².